The zero-order valence-electron chi connectivity index (χ0n) is 15.9. The molecule has 1 aliphatic rings. The molecule has 2 aromatic carbocycles. The molecule has 12 heteroatoms. The Morgan fingerprint density at radius 3 is 2.27 bits per heavy atom. The normalized spacial score (nSPS) is 15.5. The largest absolute Gasteiger partial charge is 0.495 e. The smallest absolute Gasteiger partial charge is 0.335 e. The van der Waals surface area contributed by atoms with Crippen molar-refractivity contribution in [3.63, 3.8) is 0 Å². The summed E-state index contributed by atoms with van der Waals surface area (Å²) in [6, 6.07) is 8.56. The number of aromatic carboxylic acids is 1. The lowest BCUT2D eigenvalue weighted by molar-refractivity contribution is 0.0696. The second-order valence-corrected chi connectivity index (χ2v) is 9.91. The van der Waals surface area contributed by atoms with Crippen LogP contribution in [0.25, 0.3) is 0 Å². The Balaban J connectivity index is 1.93. The molecule has 0 unspecified atom stereocenters. The van der Waals surface area contributed by atoms with Gasteiger partial charge in [0, 0.05) is 13.1 Å². The number of anilines is 1. The van der Waals surface area contributed by atoms with E-state index in [0.29, 0.717) is 0 Å². The average Bonchev–Trinajstić information content (AvgIpc) is 2.74. The molecule has 0 amide bonds. The van der Waals surface area contributed by atoms with E-state index in [1.807, 2.05) is 0 Å². The van der Waals surface area contributed by atoms with Gasteiger partial charge in [-0.25, -0.2) is 21.6 Å². The van der Waals surface area contributed by atoms with Gasteiger partial charge in [0.1, 0.15) is 10.6 Å². The maximum Gasteiger partial charge on any atom is 0.335 e. The first kappa shape index (κ1) is 22.0. The van der Waals surface area contributed by atoms with Crippen molar-refractivity contribution in [1.82, 2.24) is 4.31 Å². The third kappa shape index (κ3) is 4.56. The number of rotatable bonds is 7. The van der Waals surface area contributed by atoms with Gasteiger partial charge in [0.05, 0.1) is 36.5 Å². The van der Waals surface area contributed by atoms with Crippen molar-refractivity contribution in [3.05, 3.63) is 48.0 Å². The minimum absolute atomic E-state index is 0.0185. The van der Waals surface area contributed by atoms with Gasteiger partial charge < -0.3 is 14.6 Å². The highest BCUT2D eigenvalue weighted by molar-refractivity contribution is 7.92. The maximum absolute atomic E-state index is 13.0. The van der Waals surface area contributed by atoms with Gasteiger partial charge in [0.25, 0.3) is 10.0 Å². The standard InChI is InChI=1S/C18H20N2O8S2/c1-27-16-7-4-14(12-17(16)30(25,26)20-8-10-28-11-9-20)19-29(23,24)15-5-2-13(3-6-15)18(21)22/h2-7,12,19H,8-11H2,1H3,(H,21,22). The molecule has 10 nitrogen and oxygen atoms in total. The number of carboxylic acids is 1. The first-order valence-corrected chi connectivity index (χ1v) is 11.7. The number of hydrogen-bond acceptors (Lipinski definition) is 7. The van der Waals surface area contributed by atoms with Crippen molar-refractivity contribution in [2.24, 2.45) is 0 Å². The molecule has 2 aromatic rings. The summed E-state index contributed by atoms with van der Waals surface area (Å²) in [5.74, 6) is -1.10. The summed E-state index contributed by atoms with van der Waals surface area (Å²) in [5, 5.41) is 8.93. The molecule has 3 rings (SSSR count). The minimum Gasteiger partial charge on any atom is -0.495 e. The number of carboxylic acid groups (broad SMARTS) is 1. The third-order valence-electron chi connectivity index (χ3n) is 4.42. The van der Waals surface area contributed by atoms with Gasteiger partial charge in [-0.1, -0.05) is 0 Å². The van der Waals surface area contributed by atoms with E-state index < -0.39 is 26.0 Å². The number of nitrogens with zero attached hydrogens (tertiary/aromatic N) is 1. The topological polar surface area (TPSA) is 139 Å². The zero-order chi connectivity index (χ0) is 21.9. The van der Waals surface area contributed by atoms with E-state index in [1.54, 1.807) is 0 Å². The number of sulfonamides is 2. The molecular formula is C18H20N2O8S2. The van der Waals surface area contributed by atoms with E-state index in [-0.39, 0.29) is 53.1 Å². The molecule has 0 radical (unpaired) electrons. The van der Waals surface area contributed by atoms with Crippen LogP contribution in [0.1, 0.15) is 10.4 Å². The molecule has 0 bridgehead atoms. The van der Waals surface area contributed by atoms with E-state index in [2.05, 4.69) is 4.72 Å². The molecular weight excluding hydrogens is 436 g/mol. The summed E-state index contributed by atoms with van der Waals surface area (Å²) in [7, 11) is -6.69. The van der Waals surface area contributed by atoms with E-state index in [9.17, 15) is 21.6 Å². The summed E-state index contributed by atoms with van der Waals surface area (Å²) < 4.78 is 65.2. The molecule has 2 N–H and O–H groups in total. The molecule has 0 atom stereocenters. The first-order valence-electron chi connectivity index (χ1n) is 8.77. The molecule has 1 fully saturated rings. The van der Waals surface area contributed by atoms with Crippen molar-refractivity contribution in [2.75, 3.05) is 38.1 Å². The molecule has 0 aromatic heterocycles. The van der Waals surface area contributed by atoms with Gasteiger partial charge in [-0.3, -0.25) is 4.72 Å². The van der Waals surface area contributed by atoms with E-state index in [0.717, 1.165) is 12.1 Å². The van der Waals surface area contributed by atoms with Gasteiger partial charge in [0.2, 0.25) is 10.0 Å². The molecule has 162 valence electrons. The monoisotopic (exact) mass is 456 g/mol. The van der Waals surface area contributed by atoms with Crippen LogP contribution in [-0.2, 0) is 24.8 Å². The molecule has 30 heavy (non-hydrogen) atoms. The highest BCUT2D eigenvalue weighted by Gasteiger charge is 2.30. The molecule has 0 saturated carbocycles. The number of carbonyl (C=O) groups is 1. The van der Waals surface area contributed by atoms with Crippen molar-refractivity contribution in [2.45, 2.75) is 9.79 Å². The fourth-order valence-corrected chi connectivity index (χ4v) is 5.50. The van der Waals surface area contributed by atoms with Crippen LogP contribution in [0.3, 0.4) is 0 Å². The third-order valence-corrected chi connectivity index (χ3v) is 7.73. The molecule has 1 aliphatic heterocycles. The first-order chi connectivity index (χ1) is 14.1. The highest BCUT2D eigenvalue weighted by atomic mass is 32.2. The Kier molecular flexibility index (Phi) is 6.31. The SMILES string of the molecule is COc1ccc(NS(=O)(=O)c2ccc(C(=O)O)cc2)cc1S(=O)(=O)N1CCOCC1. The summed E-state index contributed by atoms with van der Waals surface area (Å²) >= 11 is 0. The van der Waals surface area contributed by atoms with E-state index >= 15 is 0 Å². The number of ether oxygens (including phenoxy) is 2. The average molecular weight is 456 g/mol. The quantitative estimate of drug-likeness (QED) is 0.634. The lowest BCUT2D eigenvalue weighted by Gasteiger charge is -2.26. The van der Waals surface area contributed by atoms with Crippen molar-refractivity contribution in [1.29, 1.82) is 0 Å². The van der Waals surface area contributed by atoms with Crippen LogP contribution < -0.4 is 9.46 Å². The second kappa shape index (κ2) is 8.60. The van der Waals surface area contributed by atoms with E-state index in [4.69, 9.17) is 14.6 Å². The number of methoxy groups -OCH3 is 1. The summed E-state index contributed by atoms with van der Waals surface area (Å²) in [5.41, 5.74) is -0.0396. The zero-order valence-corrected chi connectivity index (χ0v) is 17.6. The van der Waals surface area contributed by atoms with Gasteiger partial charge in [0.15, 0.2) is 0 Å². The molecule has 1 heterocycles. The van der Waals surface area contributed by atoms with Gasteiger partial charge >= 0.3 is 5.97 Å². The van der Waals surface area contributed by atoms with Crippen LogP contribution in [0.15, 0.2) is 52.3 Å². The Hall–Kier alpha value is -2.67. The lowest BCUT2D eigenvalue weighted by Crippen LogP contribution is -2.40. The summed E-state index contributed by atoms with van der Waals surface area (Å²) in [6.07, 6.45) is 0. The minimum atomic E-state index is -4.07. The predicted molar refractivity (Wildman–Crippen MR) is 107 cm³/mol. The highest BCUT2D eigenvalue weighted by Crippen LogP contribution is 2.31. The van der Waals surface area contributed by atoms with Gasteiger partial charge in [-0.2, -0.15) is 4.31 Å². The number of hydrogen-bond donors (Lipinski definition) is 2. The second-order valence-electron chi connectivity index (χ2n) is 6.32. The number of benzene rings is 2. The Labute approximate surface area is 174 Å². The predicted octanol–water partition coefficient (Wildman–Crippen LogP) is 1.22. The number of nitrogens with one attached hydrogen (secondary N) is 1. The summed E-state index contributed by atoms with van der Waals surface area (Å²) in [6.45, 7) is 0.884. The molecule has 1 saturated heterocycles. The Morgan fingerprint density at radius 2 is 1.70 bits per heavy atom. The fraction of sp³-hybridized carbons (Fsp3) is 0.278. The maximum atomic E-state index is 13.0. The summed E-state index contributed by atoms with van der Waals surface area (Å²) in [4.78, 5) is 10.6. The molecule has 0 aliphatic carbocycles. The fourth-order valence-electron chi connectivity index (χ4n) is 2.86. The number of morpholine rings is 1. The van der Waals surface area contributed by atoms with Gasteiger partial charge in [-0.05, 0) is 42.5 Å². The Bertz CT molecular complexity index is 1140. The van der Waals surface area contributed by atoms with Crippen molar-refractivity contribution in [3.8, 4) is 5.75 Å². The van der Waals surface area contributed by atoms with Crippen LogP contribution in [0, 0.1) is 0 Å². The van der Waals surface area contributed by atoms with Crippen LogP contribution in [0.5, 0.6) is 5.75 Å². The van der Waals surface area contributed by atoms with Crippen LogP contribution in [0.2, 0.25) is 0 Å². The van der Waals surface area contributed by atoms with Crippen LogP contribution in [-0.4, -0.2) is 65.6 Å². The van der Waals surface area contributed by atoms with Crippen molar-refractivity contribution < 1.29 is 36.2 Å². The van der Waals surface area contributed by atoms with E-state index in [1.165, 1.54) is 41.7 Å². The van der Waals surface area contributed by atoms with Crippen molar-refractivity contribution >= 4 is 31.7 Å². The van der Waals surface area contributed by atoms with Crippen LogP contribution >= 0.6 is 0 Å². The molecule has 0 spiro atoms. The van der Waals surface area contributed by atoms with Crippen LogP contribution in [0.4, 0.5) is 5.69 Å². The lowest BCUT2D eigenvalue weighted by atomic mass is 10.2. The van der Waals surface area contributed by atoms with Gasteiger partial charge in [-0.15, -0.1) is 0 Å². The Morgan fingerprint density at radius 1 is 1.07 bits per heavy atom.